The first-order valence-corrected chi connectivity index (χ1v) is 15.5. The van der Waals surface area contributed by atoms with Gasteiger partial charge in [0.25, 0.3) is 0 Å². The van der Waals surface area contributed by atoms with Gasteiger partial charge in [0.15, 0.2) is 5.82 Å². The highest BCUT2D eigenvalue weighted by Crippen LogP contribution is 2.44. The number of rotatable bonds is 5. The van der Waals surface area contributed by atoms with Gasteiger partial charge >= 0.3 is 6.01 Å². The molecule has 0 saturated carbocycles. The number of nitrogen functional groups attached to an aromatic ring is 1. The molecule has 4 aromatic rings. The molecule has 4 saturated heterocycles. The molecule has 0 aliphatic carbocycles. The van der Waals surface area contributed by atoms with E-state index >= 15 is 4.39 Å². The van der Waals surface area contributed by atoms with Crippen molar-refractivity contribution in [3.8, 4) is 17.1 Å². The van der Waals surface area contributed by atoms with Crippen molar-refractivity contribution in [1.82, 2.24) is 29.7 Å². The molecule has 4 atom stereocenters. The largest absolute Gasteiger partial charge is 0.461 e. The molecule has 2 unspecified atom stereocenters. The van der Waals surface area contributed by atoms with E-state index in [1.807, 2.05) is 24.6 Å². The zero-order valence-corrected chi connectivity index (χ0v) is 25.1. The van der Waals surface area contributed by atoms with Crippen LogP contribution in [0.3, 0.4) is 0 Å². The third kappa shape index (κ3) is 4.26. The van der Waals surface area contributed by atoms with Gasteiger partial charge in [0.05, 0.1) is 21.6 Å². The van der Waals surface area contributed by atoms with E-state index in [4.69, 9.17) is 27.1 Å². The number of alkyl halides is 1. The smallest absolute Gasteiger partial charge is 0.319 e. The Labute approximate surface area is 253 Å². The molecule has 4 aliphatic heterocycles. The fourth-order valence-corrected chi connectivity index (χ4v) is 8.34. The quantitative estimate of drug-likeness (QED) is 0.335. The summed E-state index contributed by atoms with van der Waals surface area (Å²) in [7, 11) is 1.91. The molecule has 1 aromatic carbocycles. The van der Waals surface area contributed by atoms with Crippen LogP contribution >= 0.6 is 11.6 Å². The second-order valence-electron chi connectivity index (χ2n) is 12.8. The number of ether oxygens (including phenoxy) is 1. The summed E-state index contributed by atoms with van der Waals surface area (Å²) in [4.78, 5) is 18.5. The van der Waals surface area contributed by atoms with Gasteiger partial charge in [-0.2, -0.15) is 9.97 Å². The topological polar surface area (TPSA) is 97.4 Å². The molecule has 12 heteroatoms. The Balaban J connectivity index is 1.28. The van der Waals surface area contributed by atoms with Crippen LogP contribution in [0.1, 0.15) is 37.8 Å². The van der Waals surface area contributed by atoms with E-state index in [-0.39, 0.29) is 34.3 Å². The summed E-state index contributed by atoms with van der Waals surface area (Å²) in [5, 5.41) is 4.44. The zero-order chi connectivity index (χ0) is 29.6. The molecule has 0 spiro atoms. The minimum Gasteiger partial charge on any atom is -0.461 e. The molecule has 4 aliphatic rings. The number of nitrogens with two attached hydrogens (primary N) is 1. The summed E-state index contributed by atoms with van der Waals surface area (Å²) < 4.78 is 39.7. The number of benzene rings is 1. The number of pyridine rings is 1. The van der Waals surface area contributed by atoms with Crippen molar-refractivity contribution in [1.29, 1.82) is 0 Å². The van der Waals surface area contributed by atoms with Crippen LogP contribution < -0.4 is 20.7 Å². The second kappa shape index (κ2) is 9.87. The van der Waals surface area contributed by atoms with Gasteiger partial charge in [-0.25, -0.2) is 13.8 Å². The predicted molar refractivity (Wildman–Crippen MR) is 164 cm³/mol. The van der Waals surface area contributed by atoms with Crippen molar-refractivity contribution in [2.24, 2.45) is 7.05 Å². The maximum absolute atomic E-state index is 16.9. The van der Waals surface area contributed by atoms with Gasteiger partial charge < -0.3 is 25.3 Å². The van der Waals surface area contributed by atoms with Gasteiger partial charge in [-0.05, 0) is 57.4 Å². The van der Waals surface area contributed by atoms with E-state index in [0.29, 0.717) is 53.2 Å². The molecule has 8 rings (SSSR count). The lowest BCUT2D eigenvalue weighted by Crippen LogP contribution is -2.51. The molecule has 9 nitrogen and oxygen atoms in total. The van der Waals surface area contributed by atoms with Crippen molar-refractivity contribution in [3.05, 3.63) is 34.7 Å². The van der Waals surface area contributed by atoms with Crippen LogP contribution in [0, 0.1) is 12.7 Å². The predicted octanol–water partition coefficient (Wildman–Crippen LogP) is 4.76. The number of aryl methyl sites for hydroxylation is 1. The SMILES string of the molecule is Cc1c(-c2c(Cl)cc3c(N4CC5CCC(C4)N5)nc(OC[C@@]45CCCN4C[C@H](F)C5)nc3c2F)c2nc(N)ccc2n1C. The lowest BCUT2D eigenvalue weighted by atomic mass is 9.95. The highest BCUT2D eigenvalue weighted by atomic mass is 35.5. The standard InChI is InChI=1S/C31H35ClF2N8O/c1-16-24(28-22(40(16)2)6-7-23(35)37-28)25-21(32)10-20-27(26(25)34)38-30(39-29(20)41-13-18-4-5-19(14-41)36-18)43-15-31-8-3-9-42(31)12-17(33)11-31/h6-7,10,17-19,36H,3-5,8-9,11-15H2,1-2H3,(H2,35,37)/t17-,18?,19?,31+/m1/s1. The first kappa shape index (κ1) is 27.3. The number of aromatic nitrogens is 4. The van der Waals surface area contributed by atoms with E-state index in [1.165, 1.54) is 0 Å². The van der Waals surface area contributed by atoms with E-state index in [2.05, 4.69) is 25.1 Å². The van der Waals surface area contributed by atoms with Gasteiger partial charge in [-0.3, -0.25) is 4.90 Å². The Morgan fingerprint density at radius 2 is 1.91 bits per heavy atom. The Morgan fingerprint density at radius 1 is 1.12 bits per heavy atom. The average Bonchev–Trinajstić information content (AvgIpc) is 3.68. The fraction of sp³-hybridized carbons (Fsp3) is 0.516. The van der Waals surface area contributed by atoms with Gasteiger partial charge in [-0.15, -0.1) is 0 Å². The van der Waals surface area contributed by atoms with Crippen LogP contribution in [0.2, 0.25) is 5.02 Å². The van der Waals surface area contributed by atoms with Crippen LogP contribution in [0.15, 0.2) is 18.2 Å². The summed E-state index contributed by atoms with van der Waals surface area (Å²) in [5.74, 6) is 0.394. The number of hydrogen-bond acceptors (Lipinski definition) is 8. The monoisotopic (exact) mass is 608 g/mol. The lowest BCUT2D eigenvalue weighted by Gasteiger charge is -2.34. The summed E-state index contributed by atoms with van der Waals surface area (Å²) in [6, 6.07) is 6.16. The summed E-state index contributed by atoms with van der Waals surface area (Å²) >= 11 is 6.94. The number of fused-ring (bicyclic) bond motifs is 5. The molecule has 7 heterocycles. The van der Waals surface area contributed by atoms with Crippen LogP contribution in [-0.2, 0) is 7.05 Å². The molecular formula is C31H35ClF2N8O. The van der Waals surface area contributed by atoms with Crippen LogP contribution in [0.4, 0.5) is 20.4 Å². The zero-order valence-electron chi connectivity index (χ0n) is 24.3. The van der Waals surface area contributed by atoms with E-state index < -0.39 is 12.0 Å². The van der Waals surface area contributed by atoms with E-state index in [0.717, 1.165) is 56.5 Å². The summed E-state index contributed by atoms with van der Waals surface area (Å²) in [6.07, 6.45) is 3.60. The van der Waals surface area contributed by atoms with Gasteiger partial charge in [0.1, 0.15) is 29.9 Å². The number of piperazine rings is 1. The number of hydrogen-bond donors (Lipinski definition) is 2. The molecule has 0 amide bonds. The van der Waals surface area contributed by atoms with Crippen LogP contribution in [-0.4, -0.2) is 81.0 Å². The first-order chi connectivity index (χ1) is 20.7. The molecule has 2 bridgehead atoms. The second-order valence-corrected chi connectivity index (χ2v) is 13.2. The maximum Gasteiger partial charge on any atom is 0.319 e. The third-order valence-electron chi connectivity index (χ3n) is 10.2. The normalized spacial score (nSPS) is 27.1. The average molecular weight is 609 g/mol. The first-order valence-electron chi connectivity index (χ1n) is 15.2. The van der Waals surface area contributed by atoms with Crippen molar-refractivity contribution in [2.45, 2.75) is 62.8 Å². The summed E-state index contributed by atoms with van der Waals surface area (Å²) in [5.41, 5.74) is 8.83. The van der Waals surface area contributed by atoms with Crippen molar-refractivity contribution < 1.29 is 13.5 Å². The minimum atomic E-state index is -0.873. The molecule has 226 valence electrons. The Kier molecular flexibility index (Phi) is 6.26. The summed E-state index contributed by atoms with van der Waals surface area (Å²) in [6.45, 7) is 4.95. The van der Waals surface area contributed by atoms with E-state index in [1.54, 1.807) is 12.1 Å². The highest BCUT2D eigenvalue weighted by Gasteiger charge is 2.49. The number of anilines is 2. The Hall–Kier alpha value is -3.28. The van der Waals surface area contributed by atoms with Crippen molar-refractivity contribution >= 4 is 45.2 Å². The van der Waals surface area contributed by atoms with Crippen molar-refractivity contribution in [3.63, 3.8) is 0 Å². The van der Waals surface area contributed by atoms with Gasteiger partial charge in [-0.1, -0.05) is 11.6 Å². The fourth-order valence-electron chi connectivity index (χ4n) is 8.05. The number of halogens is 3. The Morgan fingerprint density at radius 3 is 2.70 bits per heavy atom. The van der Waals surface area contributed by atoms with Crippen LogP contribution in [0.5, 0.6) is 6.01 Å². The molecule has 3 N–H and O–H groups in total. The molecule has 43 heavy (non-hydrogen) atoms. The molecular weight excluding hydrogens is 574 g/mol. The molecule has 0 radical (unpaired) electrons. The Bertz CT molecular complexity index is 1770. The number of nitrogens with one attached hydrogen (secondary N) is 1. The lowest BCUT2D eigenvalue weighted by molar-refractivity contribution is 0.107. The maximum atomic E-state index is 16.9. The van der Waals surface area contributed by atoms with Gasteiger partial charge in [0.2, 0.25) is 0 Å². The van der Waals surface area contributed by atoms with E-state index in [9.17, 15) is 4.39 Å². The van der Waals surface area contributed by atoms with Gasteiger partial charge in [0, 0.05) is 67.4 Å². The van der Waals surface area contributed by atoms with Crippen molar-refractivity contribution in [2.75, 3.05) is 43.4 Å². The number of nitrogens with zero attached hydrogens (tertiary/aromatic N) is 6. The highest BCUT2D eigenvalue weighted by molar-refractivity contribution is 6.35. The third-order valence-corrected chi connectivity index (χ3v) is 10.5. The minimum absolute atomic E-state index is 0.0982. The molecule has 3 aromatic heterocycles. The molecule has 4 fully saturated rings. The van der Waals surface area contributed by atoms with Crippen LogP contribution in [0.25, 0.3) is 33.1 Å².